The van der Waals surface area contributed by atoms with E-state index in [1.54, 1.807) is 0 Å². The predicted molar refractivity (Wildman–Crippen MR) is 81.4 cm³/mol. The number of likely N-dealkylation sites (tertiary alicyclic amines) is 1. The Bertz CT molecular complexity index is 616. The van der Waals surface area contributed by atoms with Gasteiger partial charge in [-0.25, -0.2) is 0 Å². The molecule has 3 nitrogen and oxygen atoms in total. The molecule has 3 rings (SSSR count). The molecule has 0 spiro atoms. The van der Waals surface area contributed by atoms with Gasteiger partial charge in [0.05, 0.1) is 0 Å². The van der Waals surface area contributed by atoms with E-state index in [1.807, 2.05) is 53.4 Å². The molecule has 3 heteroatoms. The van der Waals surface area contributed by atoms with Crippen LogP contribution in [0.1, 0.15) is 23.2 Å². The number of benzene rings is 2. The number of carbonyl (C=O) groups excluding carboxylic acids is 1. The van der Waals surface area contributed by atoms with Crippen LogP contribution < -0.4 is 5.73 Å². The molecule has 0 aromatic heterocycles. The second-order valence-corrected chi connectivity index (χ2v) is 5.14. The molecule has 1 aliphatic rings. The Kier molecular flexibility index (Phi) is 3.42. The summed E-state index contributed by atoms with van der Waals surface area (Å²) in [4.78, 5) is 14.6. The van der Waals surface area contributed by atoms with Crippen molar-refractivity contribution in [2.24, 2.45) is 0 Å². The molecular weight excluding hydrogens is 248 g/mol. The first-order chi connectivity index (χ1) is 9.77. The molecule has 2 aromatic rings. The summed E-state index contributed by atoms with van der Waals surface area (Å²) >= 11 is 0. The van der Waals surface area contributed by atoms with Crippen molar-refractivity contribution in [2.45, 2.75) is 12.8 Å². The summed E-state index contributed by atoms with van der Waals surface area (Å²) in [6, 6.07) is 15.5. The number of nitrogen functional groups attached to an aromatic ring is 1. The topological polar surface area (TPSA) is 46.3 Å². The van der Waals surface area contributed by atoms with Crippen molar-refractivity contribution in [3.8, 4) is 11.1 Å². The molecule has 1 aliphatic heterocycles. The summed E-state index contributed by atoms with van der Waals surface area (Å²) in [6.45, 7) is 1.70. The van der Waals surface area contributed by atoms with Gasteiger partial charge in [0.1, 0.15) is 0 Å². The van der Waals surface area contributed by atoms with Gasteiger partial charge in [0.25, 0.3) is 5.91 Å². The first-order valence-corrected chi connectivity index (χ1v) is 7.00. The number of rotatable bonds is 2. The van der Waals surface area contributed by atoms with E-state index in [2.05, 4.69) is 0 Å². The molecule has 2 aromatic carbocycles. The maximum absolute atomic E-state index is 12.7. The molecule has 0 atom stereocenters. The maximum atomic E-state index is 12.7. The highest BCUT2D eigenvalue weighted by atomic mass is 16.2. The molecule has 1 amide bonds. The van der Waals surface area contributed by atoms with Gasteiger partial charge >= 0.3 is 0 Å². The van der Waals surface area contributed by atoms with E-state index >= 15 is 0 Å². The Morgan fingerprint density at radius 2 is 1.65 bits per heavy atom. The minimum Gasteiger partial charge on any atom is -0.398 e. The van der Waals surface area contributed by atoms with Crippen LogP contribution >= 0.6 is 0 Å². The van der Waals surface area contributed by atoms with Crippen LogP contribution in [0.3, 0.4) is 0 Å². The van der Waals surface area contributed by atoms with E-state index in [9.17, 15) is 4.79 Å². The lowest BCUT2D eigenvalue weighted by Gasteiger charge is -2.19. The smallest absolute Gasteiger partial charge is 0.254 e. The zero-order valence-corrected chi connectivity index (χ0v) is 11.4. The number of amides is 1. The lowest BCUT2D eigenvalue weighted by molar-refractivity contribution is 0.0793. The summed E-state index contributed by atoms with van der Waals surface area (Å²) in [5, 5.41) is 0. The average Bonchev–Trinajstić information content (AvgIpc) is 3.01. The molecule has 20 heavy (non-hydrogen) atoms. The van der Waals surface area contributed by atoms with Crippen molar-refractivity contribution >= 4 is 11.6 Å². The molecule has 2 N–H and O–H groups in total. The summed E-state index contributed by atoms with van der Waals surface area (Å²) in [5.41, 5.74) is 9.33. The number of anilines is 1. The molecule has 0 radical (unpaired) electrons. The second-order valence-electron chi connectivity index (χ2n) is 5.14. The lowest BCUT2D eigenvalue weighted by atomic mass is 9.97. The molecule has 0 aliphatic carbocycles. The SMILES string of the molecule is Nc1cccc(C(=O)N2CCCC2)c1-c1ccccc1. The average molecular weight is 266 g/mol. The van der Waals surface area contributed by atoms with Crippen LogP contribution in [0, 0.1) is 0 Å². The zero-order valence-electron chi connectivity index (χ0n) is 11.4. The minimum absolute atomic E-state index is 0.0913. The fraction of sp³-hybridized carbons (Fsp3) is 0.235. The van der Waals surface area contributed by atoms with Gasteiger partial charge in [-0.15, -0.1) is 0 Å². The summed E-state index contributed by atoms with van der Waals surface area (Å²) in [7, 11) is 0. The molecule has 0 bridgehead atoms. The van der Waals surface area contributed by atoms with Gasteiger partial charge in [-0.05, 0) is 30.5 Å². The third-order valence-corrected chi connectivity index (χ3v) is 3.78. The minimum atomic E-state index is 0.0913. The van der Waals surface area contributed by atoms with Crippen LogP contribution in [0.25, 0.3) is 11.1 Å². The molecule has 1 fully saturated rings. The van der Waals surface area contributed by atoms with Crippen molar-refractivity contribution in [2.75, 3.05) is 18.8 Å². The Labute approximate surface area is 119 Å². The summed E-state index contributed by atoms with van der Waals surface area (Å²) < 4.78 is 0. The third kappa shape index (κ3) is 2.27. The van der Waals surface area contributed by atoms with Gasteiger partial charge < -0.3 is 10.6 Å². The quantitative estimate of drug-likeness (QED) is 0.849. The van der Waals surface area contributed by atoms with Gasteiger partial charge in [0.2, 0.25) is 0 Å². The van der Waals surface area contributed by atoms with Crippen molar-refractivity contribution in [3.63, 3.8) is 0 Å². The first-order valence-electron chi connectivity index (χ1n) is 7.00. The van der Waals surface area contributed by atoms with Gasteiger partial charge in [0, 0.05) is 29.9 Å². The van der Waals surface area contributed by atoms with E-state index in [0.717, 1.165) is 37.1 Å². The summed E-state index contributed by atoms with van der Waals surface area (Å²) in [6.07, 6.45) is 2.18. The number of nitrogens with zero attached hydrogens (tertiary/aromatic N) is 1. The molecule has 1 saturated heterocycles. The highest BCUT2D eigenvalue weighted by Crippen LogP contribution is 2.31. The Morgan fingerprint density at radius 1 is 0.950 bits per heavy atom. The standard InChI is InChI=1S/C17H18N2O/c18-15-10-6-9-14(17(20)19-11-4-5-12-19)16(15)13-7-2-1-3-8-13/h1-3,6-10H,4-5,11-12,18H2. The van der Waals surface area contributed by atoms with Crippen LogP contribution in [-0.2, 0) is 0 Å². The van der Waals surface area contributed by atoms with Gasteiger partial charge in [-0.2, -0.15) is 0 Å². The predicted octanol–water partition coefficient (Wildman–Crippen LogP) is 3.17. The van der Waals surface area contributed by atoms with E-state index < -0.39 is 0 Å². The summed E-state index contributed by atoms with van der Waals surface area (Å²) in [5.74, 6) is 0.0913. The van der Waals surface area contributed by atoms with Crippen LogP contribution in [0.5, 0.6) is 0 Å². The molecule has 102 valence electrons. The largest absolute Gasteiger partial charge is 0.398 e. The second kappa shape index (κ2) is 5.37. The number of hydrogen-bond donors (Lipinski definition) is 1. The van der Waals surface area contributed by atoms with E-state index in [0.29, 0.717) is 11.3 Å². The fourth-order valence-electron chi connectivity index (χ4n) is 2.77. The van der Waals surface area contributed by atoms with Crippen molar-refractivity contribution < 1.29 is 4.79 Å². The lowest BCUT2D eigenvalue weighted by Crippen LogP contribution is -2.28. The van der Waals surface area contributed by atoms with Crippen LogP contribution in [-0.4, -0.2) is 23.9 Å². The molecule has 1 heterocycles. The Morgan fingerprint density at radius 3 is 2.35 bits per heavy atom. The normalized spacial score (nSPS) is 14.5. The number of carbonyl (C=O) groups is 1. The Balaban J connectivity index is 2.07. The molecular formula is C17H18N2O. The fourth-order valence-corrected chi connectivity index (χ4v) is 2.77. The van der Waals surface area contributed by atoms with Gasteiger partial charge in [-0.3, -0.25) is 4.79 Å². The van der Waals surface area contributed by atoms with Crippen LogP contribution in [0.4, 0.5) is 5.69 Å². The van der Waals surface area contributed by atoms with Crippen molar-refractivity contribution in [1.29, 1.82) is 0 Å². The van der Waals surface area contributed by atoms with Crippen molar-refractivity contribution in [1.82, 2.24) is 4.90 Å². The van der Waals surface area contributed by atoms with E-state index in [-0.39, 0.29) is 5.91 Å². The van der Waals surface area contributed by atoms with E-state index in [1.165, 1.54) is 0 Å². The third-order valence-electron chi connectivity index (χ3n) is 3.78. The van der Waals surface area contributed by atoms with Crippen LogP contribution in [0.15, 0.2) is 48.5 Å². The zero-order chi connectivity index (χ0) is 13.9. The van der Waals surface area contributed by atoms with Crippen LogP contribution in [0.2, 0.25) is 0 Å². The van der Waals surface area contributed by atoms with Gasteiger partial charge in [0.15, 0.2) is 0 Å². The maximum Gasteiger partial charge on any atom is 0.254 e. The monoisotopic (exact) mass is 266 g/mol. The number of hydrogen-bond acceptors (Lipinski definition) is 2. The first kappa shape index (κ1) is 12.7. The highest BCUT2D eigenvalue weighted by molar-refractivity contribution is 6.03. The number of nitrogens with two attached hydrogens (primary N) is 1. The molecule has 0 saturated carbocycles. The van der Waals surface area contributed by atoms with E-state index in [4.69, 9.17) is 5.73 Å². The van der Waals surface area contributed by atoms with Crippen molar-refractivity contribution in [3.05, 3.63) is 54.1 Å². The molecule has 0 unspecified atom stereocenters. The highest BCUT2D eigenvalue weighted by Gasteiger charge is 2.23. The Hall–Kier alpha value is -2.29. The van der Waals surface area contributed by atoms with Gasteiger partial charge in [-0.1, -0.05) is 36.4 Å².